The highest BCUT2D eigenvalue weighted by Crippen LogP contribution is 2.28. The van der Waals surface area contributed by atoms with Gasteiger partial charge >= 0.3 is 11.9 Å². The molecular weight excluding hydrogens is 392 g/mol. The minimum absolute atomic E-state index is 0.118. The Balaban J connectivity index is 1.44. The lowest BCUT2D eigenvalue weighted by molar-refractivity contribution is -0.150. The molecule has 0 radical (unpaired) electrons. The van der Waals surface area contributed by atoms with E-state index >= 15 is 0 Å². The van der Waals surface area contributed by atoms with Gasteiger partial charge in [-0.3, -0.25) is 9.59 Å². The van der Waals surface area contributed by atoms with Crippen molar-refractivity contribution >= 4 is 11.9 Å². The van der Waals surface area contributed by atoms with E-state index in [4.69, 9.17) is 9.47 Å². The van der Waals surface area contributed by atoms with Crippen LogP contribution in [0.4, 0.5) is 0 Å². The van der Waals surface area contributed by atoms with Crippen molar-refractivity contribution in [1.29, 1.82) is 0 Å². The fraction of sp³-hybridized carbons (Fsp3) is 0.923. The first-order valence-electron chi connectivity index (χ1n) is 13.1. The summed E-state index contributed by atoms with van der Waals surface area (Å²) in [6, 6.07) is 0. The second-order valence-electron chi connectivity index (χ2n) is 9.91. The van der Waals surface area contributed by atoms with Crippen molar-refractivity contribution in [2.24, 2.45) is 17.8 Å². The van der Waals surface area contributed by atoms with Gasteiger partial charge in [0.1, 0.15) is 0 Å². The molecule has 0 aliphatic heterocycles. The maximum absolute atomic E-state index is 11.9. The largest absolute Gasteiger partial charge is 0.465 e. The standard InChI is InChI=1S/C26H46O5/c27-19-24(20-30-25(28)17-9-7-15-22-11-3-1-4-12-22)21-31-26(29)18-10-8-16-23-13-5-2-6-14-23/h22-24,27H,1-21H2. The normalized spacial score (nSPS) is 18.3. The number of esters is 2. The van der Waals surface area contributed by atoms with E-state index in [0.29, 0.717) is 12.8 Å². The second-order valence-corrected chi connectivity index (χ2v) is 9.91. The molecule has 2 rings (SSSR count). The lowest BCUT2D eigenvalue weighted by Crippen LogP contribution is -2.23. The molecule has 2 aliphatic rings. The number of carbonyl (C=O) groups excluding carboxylic acids is 2. The zero-order valence-electron chi connectivity index (χ0n) is 19.7. The van der Waals surface area contributed by atoms with E-state index in [0.717, 1.165) is 37.5 Å². The van der Waals surface area contributed by atoms with Gasteiger partial charge in [0.15, 0.2) is 0 Å². The summed E-state index contributed by atoms with van der Waals surface area (Å²) in [5.74, 6) is 0.945. The number of aliphatic hydroxyl groups is 1. The number of aliphatic hydroxyl groups excluding tert-OH is 1. The van der Waals surface area contributed by atoms with Gasteiger partial charge in [-0.1, -0.05) is 89.9 Å². The summed E-state index contributed by atoms with van der Waals surface area (Å²) in [6.07, 6.45) is 20.8. The predicted octanol–water partition coefficient (Wildman–Crippen LogP) is 5.96. The summed E-state index contributed by atoms with van der Waals surface area (Å²) in [5, 5.41) is 9.49. The van der Waals surface area contributed by atoms with Gasteiger partial charge in [0.2, 0.25) is 0 Å². The quantitative estimate of drug-likeness (QED) is 0.252. The van der Waals surface area contributed by atoms with E-state index in [1.165, 1.54) is 77.0 Å². The molecule has 2 fully saturated rings. The molecule has 1 N–H and O–H groups in total. The van der Waals surface area contributed by atoms with Crippen LogP contribution >= 0.6 is 0 Å². The number of unbranched alkanes of at least 4 members (excludes halogenated alkanes) is 2. The first-order chi connectivity index (χ1) is 15.2. The molecule has 0 aromatic heterocycles. The van der Waals surface area contributed by atoms with E-state index < -0.39 is 0 Å². The van der Waals surface area contributed by atoms with E-state index in [2.05, 4.69) is 0 Å². The molecule has 0 atom stereocenters. The summed E-state index contributed by atoms with van der Waals surface area (Å²) < 4.78 is 10.6. The Bertz CT molecular complexity index is 438. The SMILES string of the molecule is O=C(CCCCC1CCCCC1)OCC(CO)COC(=O)CCCCC1CCCCC1. The molecule has 31 heavy (non-hydrogen) atoms. The molecular formula is C26H46O5. The molecule has 0 aromatic carbocycles. The second kappa shape index (κ2) is 16.5. The predicted molar refractivity (Wildman–Crippen MR) is 123 cm³/mol. The summed E-state index contributed by atoms with van der Waals surface area (Å²) >= 11 is 0. The molecule has 2 aliphatic carbocycles. The van der Waals surface area contributed by atoms with Crippen LogP contribution in [0.3, 0.4) is 0 Å². The number of hydrogen-bond donors (Lipinski definition) is 1. The summed E-state index contributed by atoms with van der Waals surface area (Å²) in [4.78, 5) is 23.9. The Hall–Kier alpha value is -1.10. The maximum atomic E-state index is 11.9. The van der Waals surface area contributed by atoms with Crippen molar-refractivity contribution in [2.45, 2.75) is 116 Å². The number of rotatable bonds is 15. The Morgan fingerprint density at radius 1 is 0.677 bits per heavy atom. The van der Waals surface area contributed by atoms with Crippen LogP contribution in [0.15, 0.2) is 0 Å². The topological polar surface area (TPSA) is 72.8 Å². The molecule has 0 amide bonds. The van der Waals surface area contributed by atoms with E-state index in [1.54, 1.807) is 0 Å². The zero-order valence-corrected chi connectivity index (χ0v) is 19.7. The van der Waals surface area contributed by atoms with Crippen molar-refractivity contribution in [3.8, 4) is 0 Å². The third-order valence-electron chi connectivity index (χ3n) is 7.15. The van der Waals surface area contributed by atoms with Crippen LogP contribution in [-0.2, 0) is 19.1 Å². The molecule has 2 saturated carbocycles. The molecule has 0 heterocycles. The van der Waals surface area contributed by atoms with Gasteiger partial charge in [-0.25, -0.2) is 0 Å². The third kappa shape index (κ3) is 12.5. The van der Waals surface area contributed by atoms with Gasteiger partial charge in [0.25, 0.3) is 0 Å². The summed E-state index contributed by atoms with van der Waals surface area (Å²) in [5.41, 5.74) is 0. The molecule has 5 nitrogen and oxygen atoms in total. The van der Waals surface area contributed by atoms with Crippen molar-refractivity contribution in [3.63, 3.8) is 0 Å². The summed E-state index contributed by atoms with van der Waals surface area (Å²) in [7, 11) is 0. The van der Waals surface area contributed by atoms with E-state index in [-0.39, 0.29) is 37.7 Å². The van der Waals surface area contributed by atoms with Crippen LogP contribution in [0.2, 0.25) is 0 Å². The van der Waals surface area contributed by atoms with Crippen LogP contribution in [0, 0.1) is 17.8 Å². The zero-order chi connectivity index (χ0) is 22.2. The molecule has 180 valence electrons. The van der Waals surface area contributed by atoms with E-state index in [9.17, 15) is 14.7 Å². The Morgan fingerprint density at radius 3 is 1.48 bits per heavy atom. The number of ether oxygens (including phenoxy) is 2. The van der Waals surface area contributed by atoms with Crippen LogP contribution < -0.4 is 0 Å². The van der Waals surface area contributed by atoms with Gasteiger partial charge in [0.05, 0.1) is 25.7 Å². The van der Waals surface area contributed by atoms with Crippen LogP contribution in [-0.4, -0.2) is 36.9 Å². The van der Waals surface area contributed by atoms with Crippen molar-refractivity contribution in [3.05, 3.63) is 0 Å². The number of hydrogen-bond acceptors (Lipinski definition) is 5. The van der Waals surface area contributed by atoms with Crippen molar-refractivity contribution in [2.75, 3.05) is 19.8 Å². The Kier molecular flexibility index (Phi) is 13.9. The molecule has 0 aromatic rings. The lowest BCUT2D eigenvalue weighted by Gasteiger charge is -2.21. The minimum Gasteiger partial charge on any atom is -0.465 e. The Labute approximate surface area is 189 Å². The lowest BCUT2D eigenvalue weighted by atomic mass is 9.86. The summed E-state index contributed by atoms with van der Waals surface area (Å²) in [6.45, 7) is 0.0871. The van der Waals surface area contributed by atoms with Gasteiger partial charge in [-0.2, -0.15) is 0 Å². The highest BCUT2D eigenvalue weighted by Gasteiger charge is 2.16. The van der Waals surface area contributed by atoms with Crippen LogP contribution in [0.25, 0.3) is 0 Å². The molecule has 0 saturated heterocycles. The van der Waals surface area contributed by atoms with Crippen molar-refractivity contribution in [1.82, 2.24) is 0 Å². The van der Waals surface area contributed by atoms with E-state index in [1.807, 2.05) is 0 Å². The van der Waals surface area contributed by atoms with Crippen molar-refractivity contribution < 1.29 is 24.2 Å². The average molecular weight is 439 g/mol. The smallest absolute Gasteiger partial charge is 0.305 e. The van der Waals surface area contributed by atoms with Gasteiger partial charge in [-0.05, 0) is 24.7 Å². The highest BCUT2D eigenvalue weighted by molar-refractivity contribution is 5.69. The molecule has 0 unspecified atom stereocenters. The van der Waals surface area contributed by atoms with Crippen LogP contribution in [0.5, 0.6) is 0 Å². The van der Waals surface area contributed by atoms with Gasteiger partial charge < -0.3 is 14.6 Å². The average Bonchev–Trinajstić information content (AvgIpc) is 2.81. The molecule has 5 heteroatoms. The minimum atomic E-state index is -0.336. The molecule has 0 spiro atoms. The van der Waals surface area contributed by atoms with Gasteiger partial charge in [0, 0.05) is 12.8 Å². The van der Waals surface area contributed by atoms with Gasteiger partial charge in [-0.15, -0.1) is 0 Å². The molecule has 0 bridgehead atoms. The monoisotopic (exact) mass is 438 g/mol. The van der Waals surface area contributed by atoms with Crippen LogP contribution in [0.1, 0.15) is 116 Å². The Morgan fingerprint density at radius 2 is 1.10 bits per heavy atom. The number of carbonyl (C=O) groups is 2. The first kappa shape index (κ1) is 26.2. The fourth-order valence-corrected chi connectivity index (χ4v) is 5.08. The fourth-order valence-electron chi connectivity index (χ4n) is 5.08. The third-order valence-corrected chi connectivity index (χ3v) is 7.15. The maximum Gasteiger partial charge on any atom is 0.305 e. The highest BCUT2D eigenvalue weighted by atomic mass is 16.5. The first-order valence-corrected chi connectivity index (χ1v) is 13.1.